The predicted molar refractivity (Wildman–Crippen MR) is 104 cm³/mol. The number of carbonyl (C=O) groups is 1. The summed E-state index contributed by atoms with van der Waals surface area (Å²) in [5.41, 5.74) is 7.37. The van der Waals surface area contributed by atoms with E-state index in [2.05, 4.69) is 20.3 Å². The van der Waals surface area contributed by atoms with Crippen molar-refractivity contribution in [3.8, 4) is 0 Å². The number of aryl methyl sites for hydroxylation is 1. The highest BCUT2D eigenvalue weighted by molar-refractivity contribution is 7.99. The molecule has 1 atom stereocenters. The molecule has 0 aliphatic rings. The Labute approximate surface area is 156 Å². The second-order valence-electron chi connectivity index (χ2n) is 5.71. The number of halogens is 1. The van der Waals surface area contributed by atoms with Crippen LogP contribution in [0.5, 0.6) is 0 Å². The van der Waals surface area contributed by atoms with Crippen LogP contribution >= 0.6 is 23.4 Å². The average molecular weight is 381 g/mol. The van der Waals surface area contributed by atoms with Crippen molar-refractivity contribution >= 4 is 46.9 Å². The molecule has 2 aromatic rings. The maximum absolute atomic E-state index is 12.4. The van der Waals surface area contributed by atoms with Gasteiger partial charge in [0.05, 0.1) is 11.0 Å². The van der Waals surface area contributed by atoms with Crippen LogP contribution in [0.15, 0.2) is 18.2 Å². The first kappa shape index (κ1) is 19.3. The molecule has 25 heavy (non-hydrogen) atoms. The first-order chi connectivity index (χ1) is 11.8. The van der Waals surface area contributed by atoms with Gasteiger partial charge in [0.2, 0.25) is 17.8 Å². The van der Waals surface area contributed by atoms with Gasteiger partial charge in [-0.1, -0.05) is 17.7 Å². The Morgan fingerprint density at radius 1 is 1.36 bits per heavy atom. The molecule has 7 nitrogen and oxygen atoms in total. The first-order valence-corrected chi connectivity index (χ1v) is 9.05. The van der Waals surface area contributed by atoms with E-state index in [-0.39, 0.29) is 17.1 Å². The number of anilines is 3. The number of nitrogen functional groups attached to an aromatic ring is 1. The topological polar surface area (TPSA) is 97.0 Å². The van der Waals surface area contributed by atoms with Crippen molar-refractivity contribution in [1.82, 2.24) is 15.0 Å². The van der Waals surface area contributed by atoms with Crippen molar-refractivity contribution in [3.63, 3.8) is 0 Å². The molecule has 0 spiro atoms. The molecule has 0 aliphatic carbocycles. The van der Waals surface area contributed by atoms with E-state index in [4.69, 9.17) is 17.3 Å². The van der Waals surface area contributed by atoms with E-state index < -0.39 is 0 Å². The van der Waals surface area contributed by atoms with Crippen molar-refractivity contribution in [1.29, 1.82) is 0 Å². The summed E-state index contributed by atoms with van der Waals surface area (Å²) in [6.45, 7) is 3.75. The molecule has 0 saturated carbocycles. The summed E-state index contributed by atoms with van der Waals surface area (Å²) < 4.78 is 0. The molecular weight excluding hydrogens is 360 g/mol. The Kier molecular flexibility index (Phi) is 6.44. The second-order valence-corrected chi connectivity index (χ2v) is 7.47. The van der Waals surface area contributed by atoms with Crippen molar-refractivity contribution in [2.24, 2.45) is 0 Å². The fourth-order valence-corrected chi connectivity index (χ4v) is 2.84. The van der Waals surface area contributed by atoms with Crippen LogP contribution in [0.3, 0.4) is 0 Å². The van der Waals surface area contributed by atoms with Gasteiger partial charge in [-0.2, -0.15) is 15.0 Å². The molecule has 1 aromatic heterocycles. The highest BCUT2D eigenvalue weighted by Gasteiger charge is 2.16. The Balaban J connectivity index is 1.99. The number of aromatic nitrogens is 3. The van der Waals surface area contributed by atoms with Gasteiger partial charge >= 0.3 is 0 Å². The van der Waals surface area contributed by atoms with Gasteiger partial charge in [0.25, 0.3) is 0 Å². The van der Waals surface area contributed by atoms with E-state index in [1.807, 2.05) is 34.0 Å². The summed E-state index contributed by atoms with van der Waals surface area (Å²) in [7, 11) is 3.66. The Bertz CT molecular complexity index is 770. The van der Waals surface area contributed by atoms with Gasteiger partial charge in [-0.3, -0.25) is 4.79 Å². The quantitative estimate of drug-likeness (QED) is 0.795. The lowest BCUT2D eigenvalue weighted by Gasteiger charge is -2.14. The standard InChI is InChI=1S/C16H21ClN6OS/c1-9-5-6-11(17)7-12(9)19-14(24)10(2)25-8-13-20-15(18)22-16(21-13)23(3)4/h5-7,10H,8H2,1-4H3,(H,19,24)(H2,18,20,21,22). The zero-order valence-electron chi connectivity index (χ0n) is 14.6. The SMILES string of the molecule is Cc1ccc(Cl)cc1NC(=O)C(C)SCc1nc(N)nc(N(C)C)n1. The zero-order chi connectivity index (χ0) is 18.6. The van der Waals surface area contributed by atoms with Gasteiger partial charge < -0.3 is 16.0 Å². The van der Waals surface area contributed by atoms with Crippen LogP contribution in [0.4, 0.5) is 17.6 Å². The van der Waals surface area contributed by atoms with Crippen molar-refractivity contribution in [2.75, 3.05) is 30.0 Å². The predicted octanol–water partition coefficient (Wildman–Crippen LogP) is 2.74. The number of carbonyl (C=O) groups excluding carboxylic acids is 1. The number of nitrogens with two attached hydrogens (primary N) is 1. The Morgan fingerprint density at radius 3 is 2.76 bits per heavy atom. The molecule has 1 heterocycles. The van der Waals surface area contributed by atoms with E-state index in [9.17, 15) is 4.79 Å². The van der Waals surface area contributed by atoms with Crippen LogP contribution in [-0.2, 0) is 10.5 Å². The molecule has 2 rings (SSSR count). The lowest BCUT2D eigenvalue weighted by Crippen LogP contribution is -2.23. The van der Waals surface area contributed by atoms with Crippen LogP contribution in [0, 0.1) is 6.92 Å². The van der Waals surface area contributed by atoms with Crippen molar-refractivity contribution in [3.05, 3.63) is 34.6 Å². The molecule has 9 heteroatoms. The van der Waals surface area contributed by atoms with Crippen molar-refractivity contribution < 1.29 is 4.79 Å². The number of thioether (sulfide) groups is 1. The molecule has 1 aromatic carbocycles. The molecule has 0 aliphatic heterocycles. The lowest BCUT2D eigenvalue weighted by molar-refractivity contribution is -0.115. The minimum atomic E-state index is -0.292. The Morgan fingerprint density at radius 2 is 2.08 bits per heavy atom. The van der Waals surface area contributed by atoms with Gasteiger partial charge in [-0.25, -0.2) is 0 Å². The fourth-order valence-electron chi connectivity index (χ4n) is 1.93. The highest BCUT2D eigenvalue weighted by atomic mass is 35.5. The van der Waals surface area contributed by atoms with Crippen LogP contribution in [0.25, 0.3) is 0 Å². The number of hydrogen-bond donors (Lipinski definition) is 2. The number of benzene rings is 1. The number of nitrogens with zero attached hydrogens (tertiary/aromatic N) is 4. The van der Waals surface area contributed by atoms with Gasteiger partial charge in [-0.15, -0.1) is 11.8 Å². The molecule has 1 unspecified atom stereocenters. The molecule has 3 N–H and O–H groups in total. The van der Waals surface area contributed by atoms with Crippen LogP contribution in [0.2, 0.25) is 5.02 Å². The van der Waals surface area contributed by atoms with Crippen LogP contribution < -0.4 is 16.0 Å². The second kappa shape index (κ2) is 8.35. The van der Waals surface area contributed by atoms with Gasteiger partial charge in [0, 0.05) is 24.8 Å². The first-order valence-electron chi connectivity index (χ1n) is 7.62. The summed E-state index contributed by atoms with van der Waals surface area (Å²) in [5, 5.41) is 3.19. The molecule has 0 saturated heterocycles. The molecular formula is C16H21ClN6OS. The maximum atomic E-state index is 12.4. The zero-order valence-corrected chi connectivity index (χ0v) is 16.1. The third kappa shape index (κ3) is 5.47. The van der Waals surface area contributed by atoms with Crippen LogP contribution in [0.1, 0.15) is 18.3 Å². The fraction of sp³-hybridized carbons (Fsp3) is 0.375. The third-order valence-electron chi connectivity index (χ3n) is 3.38. The maximum Gasteiger partial charge on any atom is 0.237 e. The van der Waals surface area contributed by atoms with Crippen molar-refractivity contribution in [2.45, 2.75) is 24.9 Å². The van der Waals surface area contributed by atoms with E-state index in [0.29, 0.717) is 28.2 Å². The normalized spacial score (nSPS) is 11.9. The monoisotopic (exact) mass is 380 g/mol. The molecule has 1 amide bonds. The molecule has 0 fully saturated rings. The third-order valence-corrected chi connectivity index (χ3v) is 4.75. The summed E-state index contributed by atoms with van der Waals surface area (Å²) >= 11 is 7.41. The lowest BCUT2D eigenvalue weighted by atomic mass is 10.2. The van der Waals surface area contributed by atoms with E-state index in [0.717, 1.165) is 5.56 Å². The molecule has 134 valence electrons. The summed E-state index contributed by atoms with van der Waals surface area (Å²) in [4.78, 5) is 26.6. The number of rotatable bonds is 6. The minimum absolute atomic E-state index is 0.106. The van der Waals surface area contributed by atoms with E-state index in [1.165, 1.54) is 11.8 Å². The largest absolute Gasteiger partial charge is 0.368 e. The number of nitrogens with one attached hydrogen (secondary N) is 1. The van der Waals surface area contributed by atoms with Gasteiger partial charge in [-0.05, 0) is 31.5 Å². The minimum Gasteiger partial charge on any atom is -0.368 e. The Hall–Kier alpha value is -2.06. The summed E-state index contributed by atoms with van der Waals surface area (Å²) in [6, 6.07) is 5.40. The van der Waals surface area contributed by atoms with E-state index >= 15 is 0 Å². The summed E-state index contributed by atoms with van der Waals surface area (Å²) in [6.07, 6.45) is 0. The highest BCUT2D eigenvalue weighted by Crippen LogP contribution is 2.23. The van der Waals surface area contributed by atoms with E-state index in [1.54, 1.807) is 17.0 Å². The molecule has 0 bridgehead atoms. The number of amides is 1. The smallest absolute Gasteiger partial charge is 0.237 e. The average Bonchev–Trinajstić information content (AvgIpc) is 2.55. The van der Waals surface area contributed by atoms with Gasteiger partial charge in [0.15, 0.2) is 0 Å². The van der Waals surface area contributed by atoms with Gasteiger partial charge in [0.1, 0.15) is 5.82 Å². The summed E-state index contributed by atoms with van der Waals surface area (Å²) in [5.74, 6) is 1.55. The number of hydrogen-bond acceptors (Lipinski definition) is 7. The van der Waals surface area contributed by atoms with Crippen LogP contribution in [-0.4, -0.2) is 40.2 Å². The molecule has 0 radical (unpaired) electrons.